The van der Waals surface area contributed by atoms with Gasteiger partial charge in [0.25, 0.3) is 0 Å². The van der Waals surface area contributed by atoms with Gasteiger partial charge < -0.3 is 5.32 Å². The van der Waals surface area contributed by atoms with Crippen LogP contribution in [-0.2, 0) is 9.63 Å². The fraction of sp³-hybridized carbons (Fsp3) is 0.900. The van der Waals surface area contributed by atoms with E-state index in [0.29, 0.717) is 0 Å². The van der Waals surface area contributed by atoms with E-state index < -0.39 is 0 Å². The van der Waals surface area contributed by atoms with E-state index in [1.807, 2.05) is 20.8 Å². The molecule has 1 heterocycles. The summed E-state index contributed by atoms with van der Waals surface area (Å²) in [5.41, 5.74) is 2.19. The zero-order valence-corrected chi connectivity index (χ0v) is 9.22. The lowest BCUT2D eigenvalue weighted by Gasteiger charge is -2.24. The summed E-state index contributed by atoms with van der Waals surface area (Å²) in [5, 5.41) is 3.20. The minimum atomic E-state index is -0.322. The summed E-state index contributed by atoms with van der Waals surface area (Å²) in [6.07, 6.45) is 2.01. The van der Waals surface area contributed by atoms with Gasteiger partial charge in [0.05, 0.1) is 11.5 Å². The van der Waals surface area contributed by atoms with Crippen LogP contribution in [0.25, 0.3) is 0 Å². The quantitative estimate of drug-likeness (QED) is 0.649. The molecule has 1 aliphatic rings. The highest BCUT2D eigenvalue weighted by Crippen LogP contribution is 2.11. The molecule has 1 saturated heterocycles. The number of piperidine rings is 1. The molecule has 2 N–H and O–H groups in total. The molecule has 0 aromatic carbocycles. The standard InChI is InChI=1S/C10H20N2O2/c1-10(2,3)14-12-9(13)8-5-4-6-11-7-8/h8,11H,4-7H2,1-3H3,(H,12,13)/t8-/m0/s1. The van der Waals surface area contributed by atoms with Crippen LogP contribution < -0.4 is 10.8 Å². The first-order valence-electron chi connectivity index (χ1n) is 5.17. The van der Waals surface area contributed by atoms with Gasteiger partial charge in [0.1, 0.15) is 0 Å². The van der Waals surface area contributed by atoms with E-state index in [2.05, 4.69) is 10.8 Å². The van der Waals surface area contributed by atoms with Gasteiger partial charge in [0.15, 0.2) is 0 Å². The SMILES string of the molecule is CC(C)(C)ONC(=O)[C@H]1CCCNC1. The zero-order valence-electron chi connectivity index (χ0n) is 9.22. The maximum absolute atomic E-state index is 11.6. The lowest BCUT2D eigenvalue weighted by atomic mass is 9.99. The summed E-state index contributed by atoms with van der Waals surface area (Å²) in [4.78, 5) is 16.8. The summed E-state index contributed by atoms with van der Waals surface area (Å²) < 4.78 is 0. The van der Waals surface area contributed by atoms with Gasteiger partial charge in [-0.1, -0.05) is 0 Å². The molecule has 1 amide bonds. The summed E-state index contributed by atoms with van der Waals surface area (Å²) in [6, 6.07) is 0. The number of hydroxylamine groups is 1. The molecule has 0 unspecified atom stereocenters. The van der Waals surface area contributed by atoms with Crippen molar-refractivity contribution in [2.45, 2.75) is 39.2 Å². The third-order valence-corrected chi connectivity index (χ3v) is 2.13. The first-order chi connectivity index (χ1) is 6.49. The molecular weight excluding hydrogens is 180 g/mol. The maximum Gasteiger partial charge on any atom is 0.247 e. The minimum absolute atomic E-state index is 0.00729. The van der Waals surface area contributed by atoms with Crippen LogP contribution in [0.3, 0.4) is 0 Å². The Morgan fingerprint density at radius 2 is 2.21 bits per heavy atom. The molecule has 1 fully saturated rings. The monoisotopic (exact) mass is 200 g/mol. The molecule has 0 aliphatic carbocycles. The van der Waals surface area contributed by atoms with Gasteiger partial charge in [0.2, 0.25) is 5.91 Å². The van der Waals surface area contributed by atoms with Crippen molar-refractivity contribution in [1.29, 1.82) is 0 Å². The van der Waals surface area contributed by atoms with Crippen LogP contribution in [0.1, 0.15) is 33.6 Å². The van der Waals surface area contributed by atoms with E-state index in [1.54, 1.807) is 0 Å². The Morgan fingerprint density at radius 1 is 1.50 bits per heavy atom. The Kier molecular flexibility index (Phi) is 3.89. The van der Waals surface area contributed by atoms with Crippen molar-refractivity contribution in [3.8, 4) is 0 Å². The van der Waals surface area contributed by atoms with E-state index in [4.69, 9.17) is 4.84 Å². The normalized spacial score (nSPS) is 23.2. The molecule has 1 rings (SSSR count). The molecule has 0 bridgehead atoms. The van der Waals surface area contributed by atoms with Crippen LogP contribution in [0.15, 0.2) is 0 Å². The predicted molar refractivity (Wildman–Crippen MR) is 54.6 cm³/mol. The van der Waals surface area contributed by atoms with Crippen molar-refractivity contribution in [3.63, 3.8) is 0 Å². The number of nitrogens with one attached hydrogen (secondary N) is 2. The molecule has 0 radical (unpaired) electrons. The molecule has 82 valence electrons. The summed E-state index contributed by atoms with van der Waals surface area (Å²) >= 11 is 0. The maximum atomic E-state index is 11.6. The molecule has 0 saturated carbocycles. The lowest BCUT2D eigenvalue weighted by Crippen LogP contribution is -2.43. The van der Waals surface area contributed by atoms with E-state index in [0.717, 1.165) is 25.9 Å². The highest BCUT2D eigenvalue weighted by molar-refractivity contribution is 5.77. The van der Waals surface area contributed by atoms with Crippen LogP contribution in [0.4, 0.5) is 0 Å². The van der Waals surface area contributed by atoms with E-state index in [1.165, 1.54) is 0 Å². The minimum Gasteiger partial charge on any atom is -0.316 e. The largest absolute Gasteiger partial charge is 0.316 e. The van der Waals surface area contributed by atoms with Crippen molar-refractivity contribution in [3.05, 3.63) is 0 Å². The smallest absolute Gasteiger partial charge is 0.247 e. The number of carbonyl (C=O) groups is 1. The molecule has 0 aromatic rings. The van der Waals surface area contributed by atoms with Crippen molar-refractivity contribution in [2.24, 2.45) is 5.92 Å². The number of hydrogen-bond donors (Lipinski definition) is 2. The second-order valence-corrected chi connectivity index (χ2v) is 4.72. The topological polar surface area (TPSA) is 50.4 Å². The highest BCUT2D eigenvalue weighted by Gasteiger charge is 2.22. The van der Waals surface area contributed by atoms with Crippen LogP contribution in [0.2, 0.25) is 0 Å². The fourth-order valence-corrected chi connectivity index (χ4v) is 1.36. The number of carbonyl (C=O) groups excluding carboxylic acids is 1. The Morgan fingerprint density at radius 3 is 2.71 bits per heavy atom. The number of rotatable bonds is 2. The van der Waals surface area contributed by atoms with E-state index in [-0.39, 0.29) is 17.4 Å². The molecule has 1 atom stereocenters. The van der Waals surface area contributed by atoms with E-state index >= 15 is 0 Å². The molecule has 14 heavy (non-hydrogen) atoms. The van der Waals surface area contributed by atoms with Crippen LogP contribution >= 0.6 is 0 Å². The average Bonchev–Trinajstić information content (AvgIpc) is 2.14. The van der Waals surface area contributed by atoms with Gasteiger partial charge in [-0.05, 0) is 40.2 Å². The molecule has 0 aromatic heterocycles. The second kappa shape index (κ2) is 4.75. The number of amides is 1. The van der Waals surface area contributed by atoms with Crippen molar-refractivity contribution in [2.75, 3.05) is 13.1 Å². The molecular formula is C10H20N2O2. The Labute approximate surface area is 85.3 Å². The average molecular weight is 200 g/mol. The van der Waals surface area contributed by atoms with Gasteiger partial charge in [0, 0.05) is 6.54 Å². The second-order valence-electron chi connectivity index (χ2n) is 4.72. The fourth-order valence-electron chi connectivity index (χ4n) is 1.36. The number of hydrogen-bond acceptors (Lipinski definition) is 3. The zero-order chi connectivity index (χ0) is 10.6. The summed E-state index contributed by atoms with van der Waals surface area (Å²) in [5.74, 6) is 0.0539. The van der Waals surface area contributed by atoms with Crippen molar-refractivity contribution >= 4 is 5.91 Å². The molecule has 1 aliphatic heterocycles. The van der Waals surface area contributed by atoms with Crippen molar-refractivity contribution < 1.29 is 9.63 Å². The Bertz CT molecular complexity index is 193. The Hall–Kier alpha value is -0.610. The molecule has 4 nitrogen and oxygen atoms in total. The molecule has 0 spiro atoms. The van der Waals surface area contributed by atoms with Crippen LogP contribution in [0.5, 0.6) is 0 Å². The van der Waals surface area contributed by atoms with Crippen LogP contribution in [0, 0.1) is 5.92 Å². The van der Waals surface area contributed by atoms with Gasteiger partial charge in [-0.2, -0.15) is 0 Å². The van der Waals surface area contributed by atoms with Gasteiger partial charge >= 0.3 is 0 Å². The highest BCUT2D eigenvalue weighted by atomic mass is 16.7. The van der Waals surface area contributed by atoms with E-state index in [9.17, 15) is 4.79 Å². The third kappa shape index (κ3) is 4.07. The summed E-state index contributed by atoms with van der Waals surface area (Å²) in [7, 11) is 0. The van der Waals surface area contributed by atoms with Crippen molar-refractivity contribution in [1.82, 2.24) is 10.8 Å². The summed E-state index contributed by atoms with van der Waals surface area (Å²) in [6.45, 7) is 7.51. The van der Waals surface area contributed by atoms with Gasteiger partial charge in [-0.25, -0.2) is 5.48 Å². The Balaban J connectivity index is 2.27. The molecule has 4 heteroatoms. The predicted octanol–water partition coefficient (Wildman–Crippen LogP) is 0.832. The first kappa shape index (κ1) is 11.5. The first-order valence-corrected chi connectivity index (χ1v) is 5.17. The lowest BCUT2D eigenvalue weighted by molar-refractivity contribution is -0.150. The van der Waals surface area contributed by atoms with Gasteiger partial charge in [-0.3, -0.25) is 9.63 Å². The van der Waals surface area contributed by atoms with Gasteiger partial charge in [-0.15, -0.1) is 0 Å². The van der Waals surface area contributed by atoms with Crippen LogP contribution in [-0.4, -0.2) is 24.6 Å². The third-order valence-electron chi connectivity index (χ3n) is 2.13.